The smallest absolute Gasteiger partial charge is 0.322 e. The average Bonchev–Trinajstić information content (AvgIpc) is 3.56. The highest BCUT2D eigenvalue weighted by Crippen LogP contribution is 2.36. The molecule has 212 valence electrons. The Morgan fingerprint density at radius 1 is 1.00 bits per heavy atom. The number of hydrogen-bond acceptors (Lipinski definition) is 7. The van der Waals surface area contributed by atoms with Crippen LogP contribution in [0.25, 0.3) is 10.9 Å². The van der Waals surface area contributed by atoms with Crippen molar-refractivity contribution in [3.05, 3.63) is 119 Å². The molecule has 0 spiro atoms. The van der Waals surface area contributed by atoms with E-state index in [1.807, 2.05) is 67.6 Å². The van der Waals surface area contributed by atoms with Crippen molar-refractivity contribution in [2.75, 3.05) is 6.54 Å². The summed E-state index contributed by atoms with van der Waals surface area (Å²) in [5.74, 6) is -0.148. The lowest BCUT2D eigenvalue weighted by Crippen LogP contribution is -2.48. The zero-order valence-electron chi connectivity index (χ0n) is 23.1. The molecule has 10 heteroatoms. The molecule has 4 N–H and O–H groups in total. The van der Waals surface area contributed by atoms with Gasteiger partial charge in [-0.15, -0.1) is 0 Å². The predicted octanol–water partition coefficient (Wildman–Crippen LogP) is 3.76. The maximum atomic E-state index is 12.9. The van der Waals surface area contributed by atoms with E-state index < -0.39 is 23.1 Å². The molecule has 6 rings (SSSR count). The molecule has 2 aliphatic heterocycles. The Kier molecular flexibility index (Phi) is 6.83. The third-order valence-electron chi connectivity index (χ3n) is 7.52. The normalized spacial score (nSPS) is 21.3. The highest BCUT2D eigenvalue weighted by molar-refractivity contribution is 6.08. The molecule has 3 aromatic carbocycles. The van der Waals surface area contributed by atoms with Crippen molar-refractivity contribution in [2.24, 2.45) is 0 Å². The van der Waals surface area contributed by atoms with E-state index in [2.05, 4.69) is 26.4 Å². The minimum atomic E-state index is -1.36. The van der Waals surface area contributed by atoms with Gasteiger partial charge in [0.2, 0.25) is 0 Å². The molecule has 1 saturated heterocycles. The number of urea groups is 1. The van der Waals surface area contributed by atoms with E-state index in [0.717, 1.165) is 22.2 Å². The van der Waals surface area contributed by atoms with Crippen molar-refractivity contribution in [3.8, 4) is 5.75 Å². The van der Waals surface area contributed by atoms with E-state index in [9.17, 15) is 14.4 Å². The van der Waals surface area contributed by atoms with Gasteiger partial charge in [-0.2, -0.15) is 0 Å². The van der Waals surface area contributed by atoms with Gasteiger partial charge in [0.25, 0.3) is 11.8 Å². The number of ether oxygens (including phenoxy) is 1. The van der Waals surface area contributed by atoms with Gasteiger partial charge in [0.05, 0.1) is 17.8 Å². The first-order valence-corrected chi connectivity index (χ1v) is 13.5. The minimum absolute atomic E-state index is 0.0470. The van der Waals surface area contributed by atoms with Gasteiger partial charge in [0.15, 0.2) is 11.1 Å². The van der Waals surface area contributed by atoms with Crippen molar-refractivity contribution in [1.82, 2.24) is 26.4 Å². The molecule has 0 saturated carbocycles. The van der Waals surface area contributed by atoms with E-state index in [-0.39, 0.29) is 12.5 Å². The molecule has 42 heavy (non-hydrogen) atoms. The average molecular weight is 564 g/mol. The molecular weight excluding hydrogens is 534 g/mol. The van der Waals surface area contributed by atoms with Crippen LogP contribution in [0.5, 0.6) is 5.75 Å². The third kappa shape index (κ3) is 5.04. The molecule has 0 aliphatic carbocycles. The van der Waals surface area contributed by atoms with Crippen LogP contribution in [0.2, 0.25) is 0 Å². The highest BCUT2D eigenvalue weighted by atomic mass is 16.7. The first-order chi connectivity index (χ1) is 20.3. The fourth-order valence-electron chi connectivity index (χ4n) is 5.16. The summed E-state index contributed by atoms with van der Waals surface area (Å²) in [5.41, 5.74) is 4.68. The fourth-order valence-corrected chi connectivity index (χ4v) is 5.16. The number of para-hydroxylation sites is 1. The number of carbonyl (C=O) groups is 3. The number of rotatable bonds is 8. The number of amides is 4. The summed E-state index contributed by atoms with van der Waals surface area (Å²) >= 11 is 0. The second-order valence-electron chi connectivity index (χ2n) is 10.5. The predicted molar refractivity (Wildman–Crippen MR) is 155 cm³/mol. The summed E-state index contributed by atoms with van der Waals surface area (Å²) < 4.78 is 6.14. The van der Waals surface area contributed by atoms with E-state index in [1.165, 1.54) is 0 Å². The van der Waals surface area contributed by atoms with Crippen LogP contribution in [-0.2, 0) is 21.8 Å². The Morgan fingerprint density at radius 3 is 2.48 bits per heavy atom. The van der Waals surface area contributed by atoms with Crippen LogP contribution < -0.4 is 26.2 Å². The van der Waals surface area contributed by atoms with Gasteiger partial charge < -0.3 is 15.4 Å². The molecule has 3 heterocycles. The number of nitrogens with zero attached hydrogens (tertiary/aromatic N) is 1. The summed E-state index contributed by atoms with van der Waals surface area (Å²) in [6.07, 6.45) is 1.71. The second-order valence-corrected chi connectivity index (χ2v) is 10.5. The monoisotopic (exact) mass is 563 g/mol. The number of carbonyl (C=O) groups excluding carboxylic acids is 3. The molecular formula is C32H29N5O5. The molecule has 4 amide bonds. The number of imide groups is 1. The second kappa shape index (κ2) is 10.6. The zero-order chi connectivity index (χ0) is 29.3. The quantitative estimate of drug-likeness (QED) is 0.240. The summed E-state index contributed by atoms with van der Waals surface area (Å²) in [7, 11) is 0. The number of nitrogens with one attached hydrogen (secondary N) is 4. The molecule has 1 fully saturated rings. The summed E-state index contributed by atoms with van der Waals surface area (Å²) in [6.45, 7) is 3.94. The molecule has 0 radical (unpaired) electrons. The van der Waals surface area contributed by atoms with Crippen molar-refractivity contribution < 1.29 is 24.0 Å². The number of aromatic nitrogens is 1. The molecule has 1 aromatic heterocycles. The first-order valence-electron chi connectivity index (χ1n) is 13.5. The van der Waals surface area contributed by atoms with E-state index in [0.29, 0.717) is 29.2 Å². The van der Waals surface area contributed by atoms with Crippen LogP contribution in [0, 0.1) is 6.92 Å². The van der Waals surface area contributed by atoms with Crippen LogP contribution in [0.15, 0.2) is 96.7 Å². The molecule has 2 aliphatic rings. The maximum Gasteiger partial charge on any atom is 0.322 e. The summed E-state index contributed by atoms with van der Waals surface area (Å²) in [4.78, 5) is 48.1. The fraction of sp³-hybridized carbons (Fsp3) is 0.188. The number of benzene rings is 3. The Bertz CT molecular complexity index is 1720. The van der Waals surface area contributed by atoms with Gasteiger partial charge >= 0.3 is 6.03 Å². The third-order valence-corrected chi connectivity index (χ3v) is 7.52. The van der Waals surface area contributed by atoms with E-state index in [1.54, 1.807) is 37.3 Å². The number of fused-ring (bicyclic) bond motifs is 1. The Balaban J connectivity index is 1.26. The van der Waals surface area contributed by atoms with Crippen molar-refractivity contribution in [3.63, 3.8) is 0 Å². The zero-order valence-corrected chi connectivity index (χ0v) is 23.1. The number of aryl methyl sites for hydroxylation is 1. The molecule has 2 unspecified atom stereocenters. The number of hydrogen-bond donors (Lipinski definition) is 4. The minimum Gasteiger partial charge on any atom is -0.489 e. The van der Waals surface area contributed by atoms with Crippen molar-refractivity contribution in [2.45, 2.75) is 31.6 Å². The van der Waals surface area contributed by atoms with Gasteiger partial charge in [0, 0.05) is 22.2 Å². The number of pyridine rings is 1. The highest BCUT2D eigenvalue weighted by Gasteiger charge is 2.50. The SMILES string of the molecule is Cc1cc(COc2ccc(C3(CNC(=O)c4ccccc4)C=C(C4(C)NC(=O)NC4=O)NO3)cc2)c2ccccc2n1. The standard InChI is InChI=1S/C32H29N5O5/c1-20-16-22(25-10-6-7-11-26(25)34-20)18-41-24-14-12-23(13-15-24)32(19-33-28(38)21-8-4-3-5-9-21)17-27(37-42-32)31(2)29(39)35-30(40)36-31/h3-17,37H,18-19H2,1-2H3,(H,33,38)(H2,35,36,39,40). The largest absolute Gasteiger partial charge is 0.489 e. The van der Waals surface area contributed by atoms with Crippen LogP contribution in [0.3, 0.4) is 0 Å². The van der Waals surface area contributed by atoms with Crippen LogP contribution in [0.1, 0.15) is 34.1 Å². The van der Waals surface area contributed by atoms with Crippen molar-refractivity contribution >= 4 is 28.7 Å². The summed E-state index contributed by atoms with van der Waals surface area (Å²) in [5, 5.41) is 8.86. The van der Waals surface area contributed by atoms with Crippen LogP contribution in [-0.4, -0.2) is 34.9 Å². The lowest BCUT2D eigenvalue weighted by atomic mass is 9.89. The Morgan fingerprint density at radius 2 is 1.74 bits per heavy atom. The van der Waals surface area contributed by atoms with Crippen molar-refractivity contribution in [1.29, 1.82) is 0 Å². The van der Waals surface area contributed by atoms with Gasteiger partial charge in [0.1, 0.15) is 12.4 Å². The number of hydroxylamine groups is 1. The lowest BCUT2D eigenvalue weighted by Gasteiger charge is -2.26. The topological polar surface area (TPSA) is 131 Å². The van der Waals surface area contributed by atoms with Gasteiger partial charge in [-0.25, -0.2) is 4.79 Å². The summed E-state index contributed by atoms with van der Waals surface area (Å²) in [6, 6.07) is 25.5. The Labute approximate surface area is 242 Å². The van der Waals surface area contributed by atoms with Gasteiger partial charge in [-0.3, -0.25) is 30.2 Å². The Hall–Kier alpha value is -5.22. The lowest BCUT2D eigenvalue weighted by molar-refractivity contribution is -0.123. The molecule has 2 atom stereocenters. The molecule has 0 bridgehead atoms. The van der Waals surface area contributed by atoms with Gasteiger partial charge in [-0.1, -0.05) is 48.5 Å². The first kappa shape index (κ1) is 27.0. The van der Waals surface area contributed by atoms with E-state index >= 15 is 0 Å². The van der Waals surface area contributed by atoms with E-state index in [4.69, 9.17) is 9.57 Å². The molecule has 4 aromatic rings. The van der Waals surface area contributed by atoms with Crippen LogP contribution >= 0.6 is 0 Å². The molecule has 10 nitrogen and oxygen atoms in total. The van der Waals surface area contributed by atoms with Crippen LogP contribution in [0.4, 0.5) is 4.79 Å². The van der Waals surface area contributed by atoms with Gasteiger partial charge in [-0.05, 0) is 61.9 Å². The maximum absolute atomic E-state index is 12.9.